The maximum absolute atomic E-state index is 5.12. The van der Waals surface area contributed by atoms with E-state index in [2.05, 4.69) is 4.99 Å². The van der Waals surface area contributed by atoms with Crippen molar-refractivity contribution in [2.45, 2.75) is 6.92 Å². The molecule has 58 valence electrons. The number of hydrogen-bond acceptors (Lipinski definition) is 2. The maximum atomic E-state index is 5.12. The molecule has 0 saturated carbocycles. The number of hydrogen-bond donors (Lipinski definition) is 0. The van der Waals surface area contributed by atoms with Gasteiger partial charge in [0, 0.05) is 7.05 Å². The molecule has 0 unspecified atom stereocenters. The summed E-state index contributed by atoms with van der Waals surface area (Å²) < 4.78 is 5.12. The Bertz CT molecular complexity index is 238. The summed E-state index contributed by atoms with van der Waals surface area (Å²) in [4.78, 5) is 3.71. The van der Waals surface area contributed by atoms with Gasteiger partial charge in [0.25, 0.3) is 0 Å². The molecule has 11 heavy (non-hydrogen) atoms. The predicted octanol–water partition coefficient (Wildman–Crippen LogP) is 2.03. The summed E-state index contributed by atoms with van der Waals surface area (Å²) in [5.74, 6) is 0.821. The number of ether oxygens (including phenoxy) is 1. The summed E-state index contributed by atoms with van der Waals surface area (Å²) in [6.45, 7) is 2.04. The van der Waals surface area contributed by atoms with Crippen molar-refractivity contribution in [3.8, 4) is 5.75 Å². The van der Waals surface area contributed by atoms with Crippen LogP contribution in [0.3, 0.4) is 0 Å². The van der Waals surface area contributed by atoms with Crippen molar-refractivity contribution < 1.29 is 4.74 Å². The summed E-state index contributed by atoms with van der Waals surface area (Å²) >= 11 is 0. The monoisotopic (exact) mass is 149 g/mol. The Morgan fingerprint density at radius 3 is 2.45 bits per heavy atom. The molecule has 1 aromatic rings. The zero-order valence-corrected chi connectivity index (χ0v) is 6.74. The van der Waals surface area contributed by atoms with Crippen LogP contribution in [0, 0.1) is 6.92 Å². The van der Waals surface area contributed by atoms with E-state index in [9.17, 15) is 0 Å². The summed E-state index contributed by atoms with van der Waals surface area (Å²) in [6, 6.07) is 7.83. The number of rotatable bonds is 2. The fourth-order valence-corrected chi connectivity index (χ4v) is 0.730. The first-order chi connectivity index (χ1) is 5.33. The van der Waals surface area contributed by atoms with Gasteiger partial charge in [-0.25, -0.2) is 0 Å². The van der Waals surface area contributed by atoms with Gasteiger partial charge in [0.2, 0.25) is 0 Å². The van der Waals surface area contributed by atoms with E-state index in [4.69, 9.17) is 4.74 Å². The second kappa shape index (κ2) is 3.76. The van der Waals surface area contributed by atoms with E-state index in [1.807, 2.05) is 31.2 Å². The van der Waals surface area contributed by atoms with Gasteiger partial charge in [0.05, 0.1) is 0 Å². The molecule has 0 heterocycles. The first kappa shape index (κ1) is 7.79. The van der Waals surface area contributed by atoms with Crippen LogP contribution in [0.1, 0.15) is 5.56 Å². The standard InChI is InChI=1S/C9H11NO/c1-8-3-5-9(6-4-8)11-7-10-2/h3-7H,1-2H3/b10-7+. The van der Waals surface area contributed by atoms with E-state index in [0.29, 0.717) is 0 Å². The molecular formula is C9H11NO. The summed E-state index contributed by atoms with van der Waals surface area (Å²) in [5, 5.41) is 0. The van der Waals surface area contributed by atoms with Crippen LogP contribution in [0.15, 0.2) is 29.3 Å². The molecule has 2 heteroatoms. The van der Waals surface area contributed by atoms with Crippen LogP contribution in [-0.4, -0.2) is 13.4 Å². The molecular weight excluding hydrogens is 138 g/mol. The molecule has 1 aromatic carbocycles. The molecule has 0 aliphatic rings. The van der Waals surface area contributed by atoms with Crippen LogP contribution < -0.4 is 4.74 Å². The smallest absolute Gasteiger partial charge is 0.176 e. The normalized spacial score (nSPS) is 10.4. The van der Waals surface area contributed by atoms with Gasteiger partial charge in [-0.05, 0) is 19.1 Å². The molecule has 0 fully saturated rings. The first-order valence-electron chi connectivity index (χ1n) is 3.47. The molecule has 0 aliphatic heterocycles. The SMILES string of the molecule is C/N=C/Oc1ccc(C)cc1. The first-order valence-corrected chi connectivity index (χ1v) is 3.47. The fourth-order valence-electron chi connectivity index (χ4n) is 0.730. The Labute approximate surface area is 66.5 Å². The molecule has 0 radical (unpaired) electrons. The molecule has 0 amide bonds. The Kier molecular flexibility index (Phi) is 2.66. The summed E-state index contributed by atoms with van der Waals surface area (Å²) in [5.41, 5.74) is 1.23. The Balaban J connectivity index is 2.66. The minimum atomic E-state index is 0.821. The van der Waals surface area contributed by atoms with Crippen LogP contribution in [-0.2, 0) is 0 Å². The summed E-state index contributed by atoms with van der Waals surface area (Å²) in [7, 11) is 1.67. The largest absolute Gasteiger partial charge is 0.446 e. The van der Waals surface area contributed by atoms with E-state index >= 15 is 0 Å². The molecule has 2 nitrogen and oxygen atoms in total. The molecule has 0 aliphatic carbocycles. The molecule has 0 saturated heterocycles. The van der Waals surface area contributed by atoms with E-state index in [-0.39, 0.29) is 0 Å². The molecule has 0 atom stereocenters. The second-order valence-electron chi connectivity index (χ2n) is 2.29. The van der Waals surface area contributed by atoms with Gasteiger partial charge >= 0.3 is 0 Å². The van der Waals surface area contributed by atoms with E-state index in [1.165, 1.54) is 12.0 Å². The highest BCUT2D eigenvalue weighted by atomic mass is 16.5. The predicted molar refractivity (Wildman–Crippen MR) is 46.2 cm³/mol. The van der Waals surface area contributed by atoms with E-state index < -0.39 is 0 Å². The quantitative estimate of drug-likeness (QED) is 0.465. The van der Waals surface area contributed by atoms with Crippen LogP contribution in [0.4, 0.5) is 0 Å². The molecule has 0 spiro atoms. The molecule has 1 rings (SSSR count). The number of nitrogens with zero attached hydrogens (tertiary/aromatic N) is 1. The van der Waals surface area contributed by atoms with Crippen LogP contribution in [0.25, 0.3) is 0 Å². The van der Waals surface area contributed by atoms with Crippen LogP contribution >= 0.6 is 0 Å². The topological polar surface area (TPSA) is 21.6 Å². The lowest BCUT2D eigenvalue weighted by Crippen LogP contribution is -1.88. The third-order valence-corrected chi connectivity index (χ3v) is 1.32. The second-order valence-corrected chi connectivity index (χ2v) is 2.29. The zero-order chi connectivity index (χ0) is 8.10. The third-order valence-electron chi connectivity index (χ3n) is 1.32. The lowest BCUT2D eigenvalue weighted by atomic mass is 10.2. The van der Waals surface area contributed by atoms with Gasteiger partial charge in [-0.1, -0.05) is 17.7 Å². The molecule has 0 bridgehead atoms. The Morgan fingerprint density at radius 1 is 1.27 bits per heavy atom. The molecule has 0 aromatic heterocycles. The average Bonchev–Trinajstić information content (AvgIpc) is 2.04. The number of aryl methyl sites for hydroxylation is 1. The van der Waals surface area contributed by atoms with Crippen LogP contribution in [0.5, 0.6) is 5.75 Å². The fraction of sp³-hybridized carbons (Fsp3) is 0.222. The highest BCUT2D eigenvalue weighted by Crippen LogP contribution is 2.09. The Hall–Kier alpha value is -1.31. The van der Waals surface area contributed by atoms with Gasteiger partial charge in [-0.3, -0.25) is 4.99 Å². The van der Waals surface area contributed by atoms with Crippen molar-refractivity contribution in [1.29, 1.82) is 0 Å². The third kappa shape index (κ3) is 2.42. The number of benzene rings is 1. The van der Waals surface area contributed by atoms with Gasteiger partial charge in [0.15, 0.2) is 6.40 Å². The lowest BCUT2D eigenvalue weighted by molar-refractivity contribution is 0.573. The minimum Gasteiger partial charge on any atom is -0.446 e. The van der Waals surface area contributed by atoms with Crippen molar-refractivity contribution in [1.82, 2.24) is 0 Å². The highest BCUT2D eigenvalue weighted by molar-refractivity contribution is 5.51. The van der Waals surface area contributed by atoms with Gasteiger partial charge < -0.3 is 4.74 Å². The van der Waals surface area contributed by atoms with Gasteiger partial charge in [-0.15, -0.1) is 0 Å². The van der Waals surface area contributed by atoms with E-state index in [1.54, 1.807) is 7.05 Å². The van der Waals surface area contributed by atoms with E-state index in [0.717, 1.165) is 5.75 Å². The Morgan fingerprint density at radius 2 is 1.91 bits per heavy atom. The van der Waals surface area contributed by atoms with Crippen LogP contribution in [0.2, 0.25) is 0 Å². The van der Waals surface area contributed by atoms with Crippen molar-refractivity contribution in [3.63, 3.8) is 0 Å². The van der Waals surface area contributed by atoms with Crippen molar-refractivity contribution >= 4 is 6.40 Å². The molecule has 0 N–H and O–H groups in total. The van der Waals surface area contributed by atoms with Crippen molar-refractivity contribution in [2.24, 2.45) is 4.99 Å². The van der Waals surface area contributed by atoms with Crippen molar-refractivity contribution in [3.05, 3.63) is 29.8 Å². The summed E-state index contributed by atoms with van der Waals surface area (Å²) in [6.07, 6.45) is 1.42. The van der Waals surface area contributed by atoms with Gasteiger partial charge in [0.1, 0.15) is 5.75 Å². The maximum Gasteiger partial charge on any atom is 0.176 e. The lowest BCUT2D eigenvalue weighted by Gasteiger charge is -1.97. The minimum absolute atomic E-state index is 0.821. The number of aliphatic imine (C=N–C) groups is 1. The highest BCUT2D eigenvalue weighted by Gasteiger charge is 1.87. The zero-order valence-electron chi connectivity index (χ0n) is 6.74. The average molecular weight is 149 g/mol. The van der Waals surface area contributed by atoms with Gasteiger partial charge in [-0.2, -0.15) is 0 Å². The van der Waals surface area contributed by atoms with Crippen molar-refractivity contribution in [2.75, 3.05) is 7.05 Å².